The Balaban J connectivity index is 1.69. The van der Waals surface area contributed by atoms with Crippen LogP contribution in [-0.4, -0.2) is 31.8 Å². The summed E-state index contributed by atoms with van der Waals surface area (Å²) in [5.74, 6) is 1.91. The average Bonchev–Trinajstić information content (AvgIpc) is 2.55. The number of hydrogen-bond donors (Lipinski definition) is 0. The summed E-state index contributed by atoms with van der Waals surface area (Å²) < 4.78 is 5.17. The number of rotatable bonds is 5. The van der Waals surface area contributed by atoms with Gasteiger partial charge in [-0.3, -0.25) is 0 Å². The van der Waals surface area contributed by atoms with Crippen LogP contribution in [0.1, 0.15) is 25.7 Å². The Bertz CT molecular complexity index is 584. The van der Waals surface area contributed by atoms with Crippen LogP contribution in [0.5, 0.6) is 0 Å². The molecule has 0 spiro atoms. The van der Waals surface area contributed by atoms with Gasteiger partial charge in [0.1, 0.15) is 5.82 Å². The van der Waals surface area contributed by atoms with E-state index in [9.17, 15) is 0 Å². The number of fused-ring (bicyclic) bond motifs is 1. The number of ether oxygens (including phenoxy) is 1. The molecule has 3 rings (SSSR count). The van der Waals surface area contributed by atoms with Crippen molar-refractivity contribution in [1.29, 1.82) is 0 Å². The average molecular weight is 284 g/mol. The van der Waals surface area contributed by atoms with Gasteiger partial charge in [-0.15, -0.1) is 0 Å². The third-order valence-corrected chi connectivity index (χ3v) is 4.39. The maximum atomic E-state index is 5.17. The molecule has 1 aliphatic heterocycles. The van der Waals surface area contributed by atoms with E-state index in [-0.39, 0.29) is 0 Å². The predicted octanol–water partition coefficient (Wildman–Crippen LogP) is 3.88. The second kappa shape index (κ2) is 6.90. The van der Waals surface area contributed by atoms with Gasteiger partial charge in [0.2, 0.25) is 0 Å². The largest absolute Gasteiger partial charge is 0.385 e. The molecule has 3 heteroatoms. The molecule has 0 amide bonds. The van der Waals surface area contributed by atoms with Crippen molar-refractivity contribution in [2.45, 2.75) is 25.7 Å². The highest BCUT2D eigenvalue weighted by molar-refractivity contribution is 5.80. The van der Waals surface area contributed by atoms with Gasteiger partial charge in [-0.05, 0) is 49.8 Å². The van der Waals surface area contributed by atoms with E-state index in [0.29, 0.717) is 0 Å². The Labute approximate surface area is 126 Å². The number of benzene rings is 1. The zero-order valence-electron chi connectivity index (χ0n) is 12.8. The molecule has 0 saturated carbocycles. The van der Waals surface area contributed by atoms with Crippen molar-refractivity contribution >= 4 is 16.7 Å². The van der Waals surface area contributed by atoms with Crippen LogP contribution in [0.3, 0.4) is 0 Å². The van der Waals surface area contributed by atoms with E-state index in [2.05, 4.69) is 41.3 Å². The Hall–Kier alpha value is -1.61. The van der Waals surface area contributed by atoms with E-state index in [1.54, 1.807) is 7.11 Å². The normalized spacial score (nSPS) is 19.1. The monoisotopic (exact) mass is 284 g/mol. The second-order valence-corrected chi connectivity index (χ2v) is 5.95. The molecule has 2 aromatic rings. The van der Waals surface area contributed by atoms with E-state index in [4.69, 9.17) is 9.72 Å². The Kier molecular flexibility index (Phi) is 4.71. The number of aromatic nitrogens is 1. The fraction of sp³-hybridized carbons (Fsp3) is 0.500. The number of methoxy groups -OCH3 is 1. The molecule has 1 aromatic heterocycles. The zero-order chi connectivity index (χ0) is 14.5. The molecule has 1 saturated heterocycles. The lowest BCUT2D eigenvalue weighted by Gasteiger charge is -2.33. The molecule has 1 atom stereocenters. The first kappa shape index (κ1) is 14.3. The van der Waals surface area contributed by atoms with Crippen molar-refractivity contribution in [2.24, 2.45) is 5.92 Å². The summed E-state index contributed by atoms with van der Waals surface area (Å²) in [6.07, 6.45) is 5.04. The number of pyridine rings is 1. The minimum Gasteiger partial charge on any atom is -0.385 e. The minimum absolute atomic E-state index is 0.780. The topological polar surface area (TPSA) is 25.4 Å². The smallest absolute Gasteiger partial charge is 0.129 e. The highest BCUT2D eigenvalue weighted by Gasteiger charge is 2.20. The Morgan fingerprint density at radius 3 is 3.05 bits per heavy atom. The van der Waals surface area contributed by atoms with Crippen LogP contribution in [0.15, 0.2) is 36.4 Å². The van der Waals surface area contributed by atoms with Gasteiger partial charge in [0.05, 0.1) is 5.52 Å². The van der Waals surface area contributed by atoms with Gasteiger partial charge in [-0.1, -0.05) is 18.2 Å². The molecular weight excluding hydrogens is 260 g/mol. The van der Waals surface area contributed by atoms with Crippen molar-refractivity contribution < 1.29 is 4.74 Å². The molecule has 112 valence electrons. The first-order chi connectivity index (χ1) is 10.4. The van der Waals surface area contributed by atoms with E-state index in [0.717, 1.165) is 36.9 Å². The van der Waals surface area contributed by atoms with Gasteiger partial charge in [0.25, 0.3) is 0 Å². The van der Waals surface area contributed by atoms with Gasteiger partial charge in [-0.25, -0.2) is 4.98 Å². The SMILES string of the molecule is COCCCC1CCCN(c2ccc3ccccc3n2)C1. The van der Waals surface area contributed by atoms with Crippen LogP contribution in [0, 0.1) is 5.92 Å². The van der Waals surface area contributed by atoms with Crippen LogP contribution in [-0.2, 0) is 4.74 Å². The molecule has 2 heterocycles. The molecule has 1 unspecified atom stereocenters. The number of piperidine rings is 1. The first-order valence-electron chi connectivity index (χ1n) is 7.96. The van der Waals surface area contributed by atoms with Gasteiger partial charge in [0, 0.05) is 32.2 Å². The summed E-state index contributed by atoms with van der Waals surface area (Å²) in [6, 6.07) is 12.7. The Morgan fingerprint density at radius 2 is 2.14 bits per heavy atom. The number of anilines is 1. The van der Waals surface area contributed by atoms with Crippen LogP contribution in [0.25, 0.3) is 10.9 Å². The summed E-state index contributed by atoms with van der Waals surface area (Å²) in [7, 11) is 1.78. The standard InChI is InChI=1S/C18H24N2O/c1-21-13-5-7-15-6-4-12-20(14-15)18-11-10-16-8-2-3-9-17(16)19-18/h2-3,8-11,15H,4-7,12-14H2,1H3. The molecule has 21 heavy (non-hydrogen) atoms. The molecule has 1 aliphatic rings. The quantitative estimate of drug-likeness (QED) is 0.779. The molecule has 0 N–H and O–H groups in total. The number of hydrogen-bond acceptors (Lipinski definition) is 3. The predicted molar refractivity (Wildman–Crippen MR) is 87.8 cm³/mol. The van der Waals surface area contributed by atoms with Gasteiger partial charge in [0.15, 0.2) is 0 Å². The molecule has 1 fully saturated rings. The number of nitrogens with zero attached hydrogens (tertiary/aromatic N) is 2. The highest BCUT2D eigenvalue weighted by atomic mass is 16.5. The van der Waals surface area contributed by atoms with E-state index >= 15 is 0 Å². The first-order valence-corrected chi connectivity index (χ1v) is 7.96. The van der Waals surface area contributed by atoms with Gasteiger partial charge >= 0.3 is 0 Å². The zero-order valence-corrected chi connectivity index (χ0v) is 12.8. The van der Waals surface area contributed by atoms with E-state index in [1.807, 2.05) is 0 Å². The van der Waals surface area contributed by atoms with E-state index < -0.39 is 0 Å². The lowest BCUT2D eigenvalue weighted by Crippen LogP contribution is -2.36. The summed E-state index contributed by atoms with van der Waals surface area (Å²) in [4.78, 5) is 7.28. The fourth-order valence-corrected chi connectivity index (χ4v) is 3.26. The third kappa shape index (κ3) is 3.53. The summed E-state index contributed by atoms with van der Waals surface area (Å²) in [6.45, 7) is 3.14. The van der Waals surface area contributed by atoms with Crippen molar-refractivity contribution in [2.75, 3.05) is 31.7 Å². The van der Waals surface area contributed by atoms with Crippen molar-refractivity contribution in [3.63, 3.8) is 0 Å². The molecule has 0 radical (unpaired) electrons. The van der Waals surface area contributed by atoms with E-state index in [1.165, 1.54) is 31.1 Å². The maximum Gasteiger partial charge on any atom is 0.129 e. The number of para-hydroxylation sites is 1. The van der Waals surface area contributed by atoms with Crippen molar-refractivity contribution in [3.05, 3.63) is 36.4 Å². The summed E-state index contributed by atoms with van der Waals surface area (Å²) in [5.41, 5.74) is 1.09. The molecule has 0 bridgehead atoms. The van der Waals surface area contributed by atoms with Crippen LogP contribution in [0.2, 0.25) is 0 Å². The lowest BCUT2D eigenvalue weighted by molar-refractivity contribution is 0.184. The van der Waals surface area contributed by atoms with Crippen molar-refractivity contribution in [1.82, 2.24) is 4.98 Å². The fourth-order valence-electron chi connectivity index (χ4n) is 3.26. The Morgan fingerprint density at radius 1 is 1.24 bits per heavy atom. The molecule has 1 aromatic carbocycles. The van der Waals surface area contributed by atoms with Crippen LogP contribution >= 0.6 is 0 Å². The van der Waals surface area contributed by atoms with Crippen LogP contribution < -0.4 is 4.90 Å². The minimum atomic E-state index is 0.780. The van der Waals surface area contributed by atoms with Crippen molar-refractivity contribution in [3.8, 4) is 0 Å². The van der Waals surface area contributed by atoms with Gasteiger partial charge in [-0.2, -0.15) is 0 Å². The molecular formula is C18H24N2O. The highest BCUT2D eigenvalue weighted by Crippen LogP contribution is 2.26. The van der Waals surface area contributed by atoms with Crippen LogP contribution in [0.4, 0.5) is 5.82 Å². The summed E-state index contributed by atoms with van der Waals surface area (Å²) >= 11 is 0. The maximum absolute atomic E-state index is 5.17. The van der Waals surface area contributed by atoms with Gasteiger partial charge < -0.3 is 9.64 Å². The molecule has 0 aliphatic carbocycles. The second-order valence-electron chi connectivity index (χ2n) is 5.95. The third-order valence-electron chi connectivity index (χ3n) is 4.39. The summed E-state index contributed by atoms with van der Waals surface area (Å²) in [5, 5.41) is 1.22. The molecule has 3 nitrogen and oxygen atoms in total. The lowest BCUT2D eigenvalue weighted by atomic mass is 9.93.